The Labute approximate surface area is 180 Å². The van der Waals surface area contributed by atoms with E-state index in [2.05, 4.69) is 5.32 Å². The zero-order valence-electron chi connectivity index (χ0n) is 17.9. The lowest BCUT2D eigenvalue weighted by Crippen LogP contribution is -2.30. The maximum atomic E-state index is 12.2. The largest absolute Gasteiger partial charge is 0.513 e. The Morgan fingerprint density at radius 1 is 1.06 bits per heavy atom. The highest BCUT2D eigenvalue weighted by Crippen LogP contribution is 2.41. The topological polar surface area (TPSA) is 126 Å². The van der Waals surface area contributed by atoms with Crippen molar-refractivity contribution < 1.29 is 33.5 Å². The van der Waals surface area contributed by atoms with Gasteiger partial charge in [-0.1, -0.05) is 25.5 Å². The summed E-state index contributed by atoms with van der Waals surface area (Å²) in [6.07, 6.45) is -0.632. The molecule has 1 aromatic carbocycles. The number of carbonyl (C=O) groups is 2. The number of dihydropyridines is 1. The Hall–Kier alpha value is -3.56. The van der Waals surface area contributed by atoms with E-state index < -0.39 is 23.2 Å². The molecule has 0 saturated carbocycles. The van der Waals surface area contributed by atoms with Gasteiger partial charge in [-0.2, -0.15) is 0 Å². The molecular weight excluding hydrogens is 408 g/mol. The molecule has 168 valence electrons. The number of nitro benzene ring substituents is 1. The maximum absolute atomic E-state index is 12.2. The van der Waals surface area contributed by atoms with Gasteiger partial charge in [0, 0.05) is 12.1 Å². The number of benzene rings is 1. The van der Waals surface area contributed by atoms with E-state index in [4.69, 9.17) is 18.9 Å². The van der Waals surface area contributed by atoms with Crippen LogP contribution in [0.15, 0.2) is 47.2 Å². The minimum absolute atomic E-state index is 0.100. The van der Waals surface area contributed by atoms with Crippen LogP contribution in [0.3, 0.4) is 0 Å². The molecule has 0 aromatic heterocycles. The Morgan fingerprint density at radius 2 is 1.68 bits per heavy atom. The van der Waals surface area contributed by atoms with Gasteiger partial charge in [0.2, 0.25) is 0 Å². The van der Waals surface area contributed by atoms with Crippen LogP contribution in [0.4, 0.5) is 15.3 Å². The number of ether oxygens (including phenoxy) is 4. The first-order chi connectivity index (χ1) is 14.8. The molecule has 2 rings (SSSR count). The first-order valence-corrected chi connectivity index (χ1v) is 9.96. The molecule has 0 amide bonds. The Morgan fingerprint density at radius 3 is 2.23 bits per heavy atom. The zero-order chi connectivity index (χ0) is 23.0. The fourth-order valence-corrected chi connectivity index (χ4v) is 3.15. The summed E-state index contributed by atoms with van der Waals surface area (Å²) < 4.78 is 20.7. The molecule has 1 heterocycles. The van der Waals surface area contributed by atoms with Crippen LogP contribution < -0.4 is 5.32 Å². The smallest absolute Gasteiger partial charge is 0.434 e. The predicted molar refractivity (Wildman–Crippen MR) is 110 cm³/mol. The highest BCUT2D eigenvalue weighted by atomic mass is 16.7. The summed E-state index contributed by atoms with van der Waals surface area (Å²) in [7, 11) is 0. The van der Waals surface area contributed by atoms with Crippen molar-refractivity contribution in [2.24, 2.45) is 0 Å². The molecule has 1 atom stereocenters. The molecule has 1 unspecified atom stereocenters. The van der Waals surface area contributed by atoms with Crippen molar-refractivity contribution in [1.29, 1.82) is 0 Å². The van der Waals surface area contributed by atoms with Crippen molar-refractivity contribution in [1.82, 2.24) is 5.32 Å². The summed E-state index contributed by atoms with van der Waals surface area (Å²) in [5.41, 5.74) is 1.32. The SMILES string of the molecule is CCCC1=C(OC(=O)OCC)C(c2cccc([N+](=O)[O-])c2)C(OC(=O)OCC)=C(C)N1. The molecule has 10 heteroatoms. The molecule has 0 spiro atoms. The molecule has 1 aliphatic heterocycles. The first-order valence-electron chi connectivity index (χ1n) is 9.96. The summed E-state index contributed by atoms with van der Waals surface area (Å²) in [4.78, 5) is 35.0. The zero-order valence-corrected chi connectivity index (χ0v) is 17.9. The van der Waals surface area contributed by atoms with Crippen LogP contribution in [0.1, 0.15) is 52.0 Å². The van der Waals surface area contributed by atoms with Crippen molar-refractivity contribution in [3.8, 4) is 0 Å². The van der Waals surface area contributed by atoms with E-state index in [0.717, 1.165) is 6.42 Å². The van der Waals surface area contributed by atoms with E-state index in [-0.39, 0.29) is 30.4 Å². The molecule has 1 aromatic rings. The van der Waals surface area contributed by atoms with Gasteiger partial charge >= 0.3 is 12.3 Å². The molecule has 0 bridgehead atoms. The third-order valence-electron chi connectivity index (χ3n) is 4.36. The Kier molecular flexibility index (Phi) is 8.42. The second kappa shape index (κ2) is 11.0. The van der Waals surface area contributed by atoms with E-state index >= 15 is 0 Å². The van der Waals surface area contributed by atoms with Crippen molar-refractivity contribution >= 4 is 18.0 Å². The quantitative estimate of drug-likeness (QED) is 0.346. The third-order valence-corrected chi connectivity index (χ3v) is 4.36. The number of rotatable bonds is 8. The van der Waals surface area contributed by atoms with Crippen LogP contribution in [0.2, 0.25) is 0 Å². The summed E-state index contributed by atoms with van der Waals surface area (Å²) in [6, 6.07) is 5.82. The summed E-state index contributed by atoms with van der Waals surface area (Å²) in [5, 5.41) is 14.4. The average molecular weight is 434 g/mol. The van der Waals surface area contributed by atoms with Gasteiger partial charge in [0.05, 0.1) is 29.5 Å². The number of allylic oxidation sites excluding steroid dienone is 2. The fraction of sp³-hybridized carbons (Fsp3) is 0.429. The van der Waals surface area contributed by atoms with E-state index in [1.54, 1.807) is 26.8 Å². The lowest BCUT2D eigenvalue weighted by Gasteiger charge is -2.31. The summed E-state index contributed by atoms with van der Waals surface area (Å²) >= 11 is 0. The van der Waals surface area contributed by atoms with Gasteiger partial charge in [-0.15, -0.1) is 0 Å². The standard InChI is InChI=1S/C21H26N2O8/c1-5-9-16-19(31-21(25)29-7-3)17(14-10-8-11-15(12-14)23(26)27)18(13(4)22-16)30-20(24)28-6-2/h8,10-12,17,22H,5-7,9H2,1-4H3. The van der Waals surface area contributed by atoms with Gasteiger partial charge in [-0.05, 0) is 32.8 Å². The second-order valence-corrected chi connectivity index (χ2v) is 6.56. The lowest BCUT2D eigenvalue weighted by molar-refractivity contribution is -0.384. The monoisotopic (exact) mass is 434 g/mol. The summed E-state index contributed by atoms with van der Waals surface area (Å²) in [5.74, 6) is -0.652. The van der Waals surface area contributed by atoms with E-state index in [1.807, 2.05) is 6.92 Å². The number of non-ortho nitro benzene ring substituents is 1. The highest BCUT2D eigenvalue weighted by Gasteiger charge is 2.37. The molecular formula is C21H26N2O8. The number of nitrogens with one attached hydrogen (secondary N) is 1. The number of nitro groups is 1. The molecule has 0 radical (unpaired) electrons. The van der Waals surface area contributed by atoms with Crippen LogP contribution in [0, 0.1) is 10.1 Å². The van der Waals surface area contributed by atoms with Crippen molar-refractivity contribution in [3.05, 3.63) is 62.9 Å². The molecule has 31 heavy (non-hydrogen) atoms. The third kappa shape index (κ3) is 5.97. The van der Waals surface area contributed by atoms with Gasteiger partial charge in [-0.25, -0.2) is 9.59 Å². The van der Waals surface area contributed by atoms with E-state index in [1.165, 1.54) is 18.2 Å². The molecule has 0 fully saturated rings. The Balaban J connectivity index is 2.63. The van der Waals surface area contributed by atoms with Crippen LogP contribution in [0.25, 0.3) is 0 Å². The normalized spacial score (nSPS) is 15.8. The highest BCUT2D eigenvalue weighted by molar-refractivity contribution is 5.65. The van der Waals surface area contributed by atoms with Gasteiger partial charge in [0.25, 0.3) is 5.69 Å². The van der Waals surface area contributed by atoms with Crippen LogP contribution in [-0.4, -0.2) is 30.4 Å². The summed E-state index contributed by atoms with van der Waals surface area (Å²) in [6.45, 7) is 7.11. The molecule has 1 aliphatic rings. The van der Waals surface area contributed by atoms with Gasteiger partial charge in [-0.3, -0.25) is 10.1 Å². The average Bonchev–Trinajstić information content (AvgIpc) is 2.72. The van der Waals surface area contributed by atoms with Crippen LogP contribution in [0.5, 0.6) is 0 Å². The van der Waals surface area contributed by atoms with E-state index in [9.17, 15) is 19.7 Å². The predicted octanol–water partition coefficient (Wildman–Crippen LogP) is 4.87. The maximum Gasteiger partial charge on any atom is 0.513 e. The Bertz CT molecular complexity index is 906. The first kappa shape index (κ1) is 23.7. The minimum atomic E-state index is -0.941. The van der Waals surface area contributed by atoms with Gasteiger partial charge in [0.15, 0.2) is 0 Å². The molecule has 0 aliphatic carbocycles. The van der Waals surface area contributed by atoms with Crippen LogP contribution in [-0.2, 0) is 18.9 Å². The van der Waals surface area contributed by atoms with Crippen molar-refractivity contribution in [2.75, 3.05) is 13.2 Å². The number of hydrogen-bond donors (Lipinski definition) is 1. The van der Waals surface area contributed by atoms with E-state index in [0.29, 0.717) is 23.4 Å². The molecule has 1 N–H and O–H groups in total. The van der Waals surface area contributed by atoms with Gasteiger partial charge in [0.1, 0.15) is 17.4 Å². The fourth-order valence-electron chi connectivity index (χ4n) is 3.15. The lowest BCUT2D eigenvalue weighted by atomic mass is 9.89. The number of carbonyl (C=O) groups excluding carboxylic acids is 2. The molecule has 10 nitrogen and oxygen atoms in total. The minimum Gasteiger partial charge on any atom is -0.434 e. The second-order valence-electron chi connectivity index (χ2n) is 6.56. The van der Waals surface area contributed by atoms with Crippen LogP contribution >= 0.6 is 0 Å². The van der Waals surface area contributed by atoms with Crippen molar-refractivity contribution in [2.45, 2.75) is 46.5 Å². The van der Waals surface area contributed by atoms with Crippen molar-refractivity contribution in [3.63, 3.8) is 0 Å². The van der Waals surface area contributed by atoms with Gasteiger partial charge < -0.3 is 24.3 Å². The molecule has 0 saturated heterocycles. The number of nitrogens with zero attached hydrogens (tertiary/aromatic N) is 1. The number of hydrogen-bond acceptors (Lipinski definition) is 9.